The number of halogens is 1. The Morgan fingerprint density at radius 1 is 1.47 bits per heavy atom. The van der Waals surface area contributed by atoms with Gasteiger partial charge in [0.05, 0.1) is 17.1 Å². The zero-order chi connectivity index (χ0) is 13.4. The van der Waals surface area contributed by atoms with Crippen LogP contribution in [0.2, 0.25) is 0 Å². The molecule has 3 rings (SSSR count). The summed E-state index contributed by atoms with van der Waals surface area (Å²) in [5.41, 5.74) is 2.13. The molecule has 3 atom stereocenters. The van der Waals surface area contributed by atoms with Crippen LogP contribution in [0.4, 0.5) is 0 Å². The van der Waals surface area contributed by atoms with Crippen molar-refractivity contribution < 1.29 is 0 Å². The maximum atomic E-state index is 6.32. The summed E-state index contributed by atoms with van der Waals surface area (Å²) in [6, 6.07) is 2.58. The molecule has 0 bridgehead atoms. The van der Waals surface area contributed by atoms with Gasteiger partial charge in [-0.15, -0.1) is 11.6 Å². The molecule has 0 N–H and O–H groups in total. The van der Waals surface area contributed by atoms with Gasteiger partial charge in [-0.1, -0.05) is 0 Å². The molecule has 0 aromatic carbocycles. The smallest absolute Gasteiger partial charge is 0.128 e. The van der Waals surface area contributed by atoms with Crippen LogP contribution in [0.1, 0.15) is 43.4 Å². The van der Waals surface area contributed by atoms with E-state index in [1.54, 1.807) is 0 Å². The quantitative estimate of drug-likeness (QED) is 0.796. The third kappa shape index (κ3) is 2.36. The van der Waals surface area contributed by atoms with E-state index in [-0.39, 0.29) is 5.38 Å². The van der Waals surface area contributed by atoms with Gasteiger partial charge in [0.1, 0.15) is 11.3 Å². The fourth-order valence-electron chi connectivity index (χ4n) is 3.00. The summed E-state index contributed by atoms with van der Waals surface area (Å²) in [5.74, 6) is 0.983. The van der Waals surface area contributed by atoms with Crippen LogP contribution in [-0.4, -0.2) is 26.0 Å². The van der Waals surface area contributed by atoms with Gasteiger partial charge >= 0.3 is 0 Å². The summed E-state index contributed by atoms with van der Waals surface area (Å²) in [7, 11) is 0. The number of pyridine rings is 1. The van der Waals surface area contributed by atoms with E-state index in [0.717, 1.165) is 16.6 Å². The molecule has 3 nitrogen and oxygen atoms in total. The monoisotopic (exact) mass is 295 g/mol. The van der Waals surface area contributed by atoms with Crippen molar-refractivity contribution in [3.05, 3.63) is 24.3 Å². The van der Waals surface area contributed by atoms with Crippen LogP contribution < -0.4 is 0 Å². The van der Waals surface area contributed by atoms with Gasteiger partial charge in [0.2, 0.25) is 0 Å². The Bertz CT molecular complexity index is 581. The average Bonchev–Trinajstić information content (AvgIpc) is 3.02. The number of hydrogen-bond donors (Lipinski definition) is 0. The summed E-state index contributed by atoms with van der Waals surface area (Å²) in [6.07, 6.45) is 9.59. The van der Waals surface area contributed by atoms with Crippen LogP contribution in [0.25, 0.3) is 11.0 Å². The fraction of sp³-hybridized carbons (Fsp3) is 0.571. The van der Waals surface area contributed by atoms with Crippen molar-refractivity contribution in [2.45, 2.75) is 42.9 Å². The summed E-state index contributed by atoms with van der Waals surface area (Å²) in [5, 5.41) is 0.698. The molecule has 5 heteroatoms. The van der Waals surface area contributed by atoms with Crippen molar-refractivity contribution in [3.8, 4) is 0 Å². The van der Waals surface area contributed by atoms with E-state index in [9.17, 15) is 0 Å². The normalized spacial score (nSPS) is 25.0. The zero-order valence-corrected chi connectivity index (χ0v) is 12.8. The second kappa shape index (κ2) is 5.33. The lowest BCUT2D eigenvalue weighted by atomic mass is 10.2. The first-order valence-electron chi connectivity index (χ1n) is 6.69. The highest BCUT2D eigenvalue weighted by atomic mass is 35.5. The largest absolute Gasteiger partial charge is 0.323 e. The van der Waals surface area contributed by atoms with Gasteiger partial charge in [-0.2, -0.15) is 11.8 Å². The number of alkyl halides is 1. The first-order valence-corrected chi connectivity index (χ1v) is 8.42. The lowest BCUT2D eigenvalue weighted by Crippen LogP contribution is -2.10. The molecule has 0 aliphatic heterocycles. The molecule has 19 heavy (non-hydrogen) atoms. The van der Waals surface area contributed by atoms with Crippen LogP contribution in [0.3, 0.4) is 0 Å². The average molecular weight is 296 g/mol. The van der Waals surface area contributed by atoms with Crippen LogP contribution in [0, 0.1) is 0 Å². The summed E-state index contributed by atoms with van der Waals surface area (Å²) >= 11 is 8.29. The first-order chi connectivity index (χ1) is 9.20. The van der Waals surface area contributed by atoms with Crippen molar-refractivity contribution in [3.63, 3.8) is 0 Å². The van der Waals surface area contributed by atoms with Gasteiger partial charge in [0.25, 0.3) is 0 Å². The topological polar surface area (TPSA) is 30.7 Å². The number of nitrogens with zero attached hydrogens (tertiary/aromatic N) is 3. The minimum Gasteiger partial charge on any atom is -0.323 e. The standard InChI is InChI=1S/C14H18ClN3S/c1-9(15)14-17-12-8-16-6-5-13(12)18(14)10-3-4-11(7-10)19-2/h5-6,8-11H,3-4,7H2,1-2H3. The number of rotatable bonds is 3. The van der Waals surface area contributed by atoms with Crippen molar-refractivity contribution in [1.29, 1.82) is 0 Å². The van der Waals surface area contributed by atoms with Crippen LogP contribution in [0.15, 0.2) is 18.5 Å². The number of imidazole rings is 1. The molecule has 0 saturated heterocycles. The van der Waals surface area contributed by atoms with Crippen LogP contribution in [-0.2, 0) is 0 Å². The fourth-order valence-corrected chi connectivity index (χ4v) is 3.94. The molecule has 102 valence electrons. The van der Waals surface area contributed by atoms with Crippen molar-refractivity contribution in [2.75, 3.05) is 6.26 Å². The van der Waals surface area contributed by atoms with E-state index >= 15 is 0 Å². The van der Waals surface area contributed by atoms with Gasteiger partial charge < -0.3 is 4.57 Å². The lowest BCUT2D eigenvalue weighted by Gasteiger charge is -2.18. The Kier molecular flexibility index (Phi) is 3.72. The number of thioether (sulfide) groups is 1. The van der Waals surface area contributed by atoms with Gasteiger partial charge in [-0.3, -0.25) is 4.98 Å². The van der Waals surface area contributed by atoms with Crippen molar-refractivity contribution in [2.24, 2.45) is 0 Å². The highest BCUT2D eigenvalue weighted by Crippen LogP contribution is 2.39. The summed E-state index contributed by atoms with van der Waals surface area (Å²) < 4.78 is 2.35. The third-order valence-electron chi connectivity index (χ3n) is 3.93. The summed E-state index contributed by atoms with van der Waals surface area (Å²) in [6.45, 7) is 1.99. The molecule has 0 amide bonds. The molecule has 2 aromatic rings. The van der Waals surface area contributed by atoms with E-state index in [4.69, 9.17) is 11.6 Å². The van der Waals surface area contributed by atoms with Gasteiger partial charge in [0.15, 0.2) is 0 Å². The Hall–Kier alpha value is -0.740. The van der Waals surface area contributed by atoms with E-state index in [1.807, 2.05) is 31.1 Å². The van der Waals surface area contributed by atoms with Crippen molar-refractivity contribution >= 4 is 34.4 Å². The molecule has 2 heterocycles. The molecule has 1 aliphatic carbocycles. The van der Waals surface area contributed by atoms with E-state index in [1.165, 1.54) is 24.8 Å². The van der Waals surface area contributed by atoms with E-state index in [0.29, 0.717) is 6.04 Å². The maximum absolute atomic E-state index is 6.32. The Balaban J connectivity index is 2.08. The molecule has 1 saturated carbocycles. The highest BCUT2D eigenvalue weighted by Gasteiger charge is 2.29. The molecular weight excluding hydrogens is 278 g/mol. The predicted octanol–water partition coefficient (Wildman–Crippen LogP) is 4.19. The molecule has 0 spiro atoms. The van der Waals surface area contributed by atoms with Gasteiger partial charge in [-0.25, -0.2) is 4.98 Å². The second-order valence-electron chi connectivity index (χ2n) is 5.14. The minimum atomic E-state index is -0.0688. The van der Waals surface area contributed by atoms with Crippen LogP contribution in [0.5, 0.6) is 0 Å². The number of fused-ring (bicyclic) bond motifs is 1. The molecular formula is C14H18ClN3S. The summed E-state index contributed by atoms with van der Waals surface area (Å²) in [4.78, 5) is 8.83. The maximum Gasteiger partial charge on any atom is 0.128 e. The SMILES string of the molecule is CSC1CCC(n2c(C(C)Cl)nc3cnccc32)C1. The highest BCUT2D eigenvalue weighted by molar-refractivity contribution is 7.99. The van der Waals surface area contributed by atoms with E-state index in [2.05, 4.69) is 26.9 Å². The second-order valence-corrected chi connectivity index (χ2v) is 6.94. The lowest BCUT2D eigenvalue weighted by molar-refractivity contribution is 0.511. The molecule has 2 aromatic heterocycles. The van der Waals surface area contributed by atoms with Crippen molar-refractivity contribution in [1.82, 2.24) is 14.5 Å². The zero-order valence-electron chi connectivity index (χ0n) is 11.2. The predicted molar refractivity (Wildman–Crippen MR) is 82.0 cm³/mol. The molecule has 1 fully saturated rings. The molecule has 1 aliphatic rings. The van der Waals surface area contributed by atoms with Crippen LogP contribution >= 0.6 is 23.4 Å². The number of hydrogen-bond acceptors (Lipinski definition) is 3. The first kappa shape index (κ1) is 13.3. The van der Waals surface area contributed by atoms with Gasteiger partial charge in [-0.05, 0) is 38.5 Å². The molecule has 0 radical (unpaired) electrons. The minimum absolute atomic E-state index is 0.0688. The Morgan fingerprint density at radius 3 is 3.00 bits per heavy atom. The van der Waals surface area contributed by atoms with E-state index < -0.39 is 0 Å². The Morgan fingerprint density at radius 2 is 2.32 bits per heavy atom. The number of aromatic nitrogens is 3. The Labute approximate surface area is 122 Å². The third-order valence-corrected chi connectivity index (χ3v) is 5.22. The van der Waals surface area contributed by atoms with Gasteiger partial charge in [0, 0.05) is 17.5 Å². The molecule has 3 unspecified atom stereocenters.